The zero-order valence-electron chi connectivity index (χ0n) is 12.8. The van der Waals surface area contributed by atoms with Crippen molar-refractivity contribution in [1.82, 2.24) is 4.90 Å². The van der Waals surface area contributed by atoms with E-state index in [2.05, 4.69) is 0 Å². The molecule has 2 amide bonds. The van der Waals surface area contributed by atoms with Gasteiger partial charge in [-0.1, -0.05) is 24.3 Å². The van der Waals surface area contributed by atoms with Crippen LogP contribution in [-0.2, 0) is 11.3 Å². The third-order valence-corrected chi connectivity index (χ3v) is 4.49. The first-order valence-corrected chi connectivity index (χ1v) is 8.09. The number of hydrogen-bond acceptors (Lipinski definition) is 4. The Morgan fingerprint density at radius 3 is 2.32 bits per heavy atom. The number of carbonyl (C=O) groups excluding carboxylic acids is 2. The van der Waals surface area contributed by atoms with Crippen molar-refractivity contribution in [3.8, 4) is 0 Å². The Hall–Kier alpha value is -2.93. The summed E-state index contributed by atoms with van der Waals surface area (Å²) in [7, 11) is 0. The van der Waals surface area contributed by atoms with E-state index in [0.717, 1.165) is 16.7 Å². The fourth-order valence-electron chi connectivity index (χ4n) is 2.28. The van der Waals surface area contributed by atoms with E-state index in [1.807, 2.05) is 0 Å². The Kier molecular flexibility index (Phi) is 4.67. The minimum Gasteiger partial charge on any atom is -0.478 e. The van der Waals surface area contributed by atoms with Gasteiger partial charge in [-0.3, -0.25) is 14.5 Å². The highest BCUT2D eigenvalue weighted by Crippen LogP contribution is 2.33. The molecule has 3 rings (SSSR count). The van der Waals surface area contributed by atoms with Gasteiger partial charge in [0.2, 0.25) is 0 Å². The minimum absolute atomic E-state index is 0.0608. The second-order valence-electron chi connectivity index (χ2n) is 5.32. The smallest absolute Gasteiger partial charge is 0.335 e. The maximum Gasteiger partial charge on any atom is 0.335 e. The molecule has 0 spiro atoms. The van der Waals surface area contributed by atoms with Crippen LogP contribution in [0.4, 0.5) is 9.18 Å². The minimum atomic E-state index is -1.04. The number of carboxylic acids is 1. The molecule has 0 saturated carbocycles. The van der Waals surface area contributed by atoms with Crippen LogP contribution < -0.4 is 0 Å². The Morgan fingerprint density at radius 2 is 1.72 bits per heavy atom. The molecule has 1 heterocycles. The fraction of sp³-hybridized carbons (Fsp3) is 0.0556. The van der Waals surface area contributed by atoms with Crippen LogP contribution in [0.1, 0.15) is 21.5 Å². The third kappa shape index (κ3) is 3.77. The summed E-state index contributed by atoms with van der Waals surface area (Å²) in [5.74, 6) is -1.85. The number of carboxylic acid groups (broad SMARTS) is 1. The second-order valence-corrected chi connectivity index (χ2v) is 6.31. The van der Waals surface area contributed by atoms with E-state index in [1.165, 1.54) is 42.5 Å². The molecule has 0 aliphatic carbocycles. The van der Waals surface area contributed by atoms with Gasteiger partial charge in [0.25, 0.3) is 11.1 Å². The summed E-state index contributed by atoms with van der Waals surface area (Å²) in [6, 6.07) is 11.6. The fourth-order valence-corrected chi connectivity index (χ4v) is 3.12. The van der Waals surface area contributed by atoms with Gasteiger partial charge < -0.3 is 5.11 Å². The monoisotopic (exact) mass is 357 g/mol. The van der Waals surface area contributed by atoms with Gasteiger partial charge in [0.15, 0.2) is 0 Å². The van der Waals surface area contributed by atoms with Crippen LogP contribution in [0.3, 0.4) is 0 Å². The largest absolute Gasteiger partial charge is 0.478 e. The van der Waals surface area contributed by atoms with E-state index >= 15 is 0 Å². The number of benzene rings is 2. The Balaban J connectivity index is 1.77. The van der Waals surface area contributed by atoms with Crippen molar-refractivity contribution in [3.63, 3.8) is 0 Å². The summed E-state index contributed by atoms with van der Waals surface area (Å²) in [6.45, 7) is 0.0608. The highest BCUT2D eigenvalue weighted by Gasteiger charge is 2.34. The number of rotatable bonds is 4. The zero-order valence-corrected chi connectivity index (χ0v) is 13.6. The van der Waals surface area contributed by atoms with Crippen molar-refractivity contribution in [1.29, 1.82) is 0 Å². The van der Waals surface area contributed by atoms with Crippen LogP contribution in [0.5, 0.6) is 0 Å². The van der Waals surface area contributed by atoms with Crippen LogP contribution in [0.2, 0.25) is 0 Å². The molecule has 1 aliphatic rings. The number of nitrogens with zero attached hydrogens (tertiary/aromatic N) is 1. The van der Waals surface area contributed by atoms with Crippen molar-refractivity contribution in [3.05, 3.63) is 75.9 Å². The van der Waals surface area contributed by atoms with Crippen LogP contribution >= 0.6 is 11.8 Å². The van der Waals surface area contributed by atoms with Gasteiger partial charge in [0.05, 0.1) is 17.0 Å². The van der Waals surface area contributed by atoms with Crippen LogP contribution in [0.15, 0.2) is 53.4 Å². The molecule has 0 atom stereocenters. The number of thioether (sulfide) groups is 1. The predicted molar refractivity (Wildman–Crippen MR) is 91.3 cm³/mol. The summed E-state index contributed by atoms with van der Waals surface area (Å²) in [4.78, 5) is 36.7. The highest BCUT2D eigenvalue weighted by atomic mass is 32.2. The quantitative estimate of drug-likeness (QED) is 0.844. The first-order valence-electron chi connectivity index (χ1n) is 7.27. The average Bonchev–Trinajstić information content (AvgIpc) is 2.85. The normalized spacial score (nSPS) is 15.9. The van der Waals surface area contributed by atoms with Crippen molar-refractivity contribution < 1.29 is 23.9 Å². The summed E-state index contributed by atoms with van der Waals surface area (Å²) in [5, 5.41) is 8.48. The Bertz CT molecular complexity index is 875. The van der Waals surface area contributed by atoms with Crippen molar-refractivity contribution >= 4 is 35.0 Å². The SMILES string of the molecule is O=C(O)c1ccc(CN2C(=O)S/C(=C\c3ccc(F)cc3)C2=O)cc1. The molecular weight excluding hydrogens is 345 g/mol. The third-order valence-electron chi connectivity index (χ3n) is 3.58. The summed E-state index contributed by atoms with van der Waals surface area (Å²) in [6.07, 6.45) is 1.54. The molecule has 1 saturated heterocycles. The van der Waals surface area contributed by atoms with E-state index in [1.54, 1.807) is 12.1 Å². The van der Waals surface area contributed by atoms with Gasteiger partial charge in [-0.15, -0.1) is 0 Å². The van der Waals surface area contributed by atoms with E-state index in [-0.39, 0.29) is 22.8 Å². The molecule has 0 unspecified atom stereocenters. The van der Waals surface area contributed by atoms with Crippen molar-refractivity contribution in [2.45, 2.75) is 6.54 Å². The van der Waals surface area contributed by atoms with Crippen molar-refractivity contribution in [2.75, 3.05) is 0 Å². The van der Waals surface area contributed by atoms with Gasteiger partial charge in [-0.05, 0) is 53.2 Å². The Labute approximate surface area is 146 Å². The lowest BCUT2D eigenvalue weighted by molar-refractivity contribution is -0.123. The molecular formula is C18H12FNO4S. The highest BCUT2D eigenvalue weighted by molar-refractivity contribution is 8.18. The lowest BCUT2D eigenvalue weighted by Crippen LogP contribution is -2.27. The lowest BCUT2D eigenvalue weighted by atomic mass is 10.1. The molecule has 5 nitrogen and oxygen atoms in total. The number of amides is 2. The number of imide groups is 1. The molecule has 7 heteroatoms. The molecule has 0 radical (unpaired) electrons. The van der Waals surface area contributed by atoms with E-state index in [4.69, 9.17) is 5.11 Å². The van der Waals surface area contributed by atoms with Gasteiger partial charge >= 0.3 is 5.97 Å². The molecule has 126 valence electrons. The first-order chi connectivity index (χ1) is 11.9. The van der Waals surface area contributed by atoms with Gasteiger partial charge in [-0.25, -0.2) is 9.18 Å². The maximum atomic E-state index is 12.9. The maximum absolute atomic E-state index is 12.9. The molecule has 0 bridgehead atoms. The van der Waals surface area contributed by atoms with Gasteiger partial charge in [-0.2, -0.15) is 0 Å². The number of carbonyl (C=O) groups is 3. The summed E-state index contributed by atoms with van der Waals surface area (Å²) in [5.41, 5.74) is 1.40. The van der Waals surface area contributed by atoms with E-state index in [9.17, 15) is 18.8 Å². The molecule has 2 aromatic carbocycles. The first kappa shape index (κ1) is 16.9. The van der Waals surface area contributed by atoms with E-state index < -0.39 is 17.1 Å². The molecule has 1 aliphatic heterocycles. The van der Waals surface area contributed by atoms with Crippen LogP contribution in [-0.4, -0.2) is 27.1 Å². The van der Waals surface area contributed by atoms with Crippen LogP contribution in [0.25, 0.3) is 6.08 Å². The molecule has 0 aromatic heterocycles. The number of aromatic carboxylic acids is 1. The lowest BCUT2D eigenvalue weighted by Gasteiger charge is -2.12. The van der Waals surface area contributed by atoms with Crippen LogP contribution in [0, 0.1) is 5.82 Å². The summed E-state index contributed by atoms with van der Waals surface area (Å²) >= 11 is 0.819. The van der Waals surface area contributed by atoms with Crippen molar-refractivity contribution in [2.24, 2.45) is 0 Å². The average molecular weight is 357 g/mol. The topological polar surface area (TPSA) is 74.7 Å². The Morgan fingerprint density at radius 1 is 1.08 bits per heavy atom. The molecule has 1 fully saturated rings. The molecule has 2 aromatic rings. The zero-order chi connectivity index (χ0) is 18.0. The van der Waals surface area contributed by atoms with Gasteiger partial charge in [0, 0.05) is 0 Å². The molecule has 1 N–H and O–H groups in total. The van der Waals surface area contributed by atoms with Gasteiger partial charge in [0.1, 0.15) is 5.82 Å². The second kappa shape index (κ2) is 6.90. The summed E-state index contributed by atoms with van der Waals surface area (Å²) < 4.78 is 12.9. The van der Waals surface area contributed by atoms with E-state index in [0.29, 0.717) is 11.1 Å². The number of hydrogen-bond donors (Lipinski definition) is 1. The predicted octanol–water partition coefficient (Wildman–Crippen LogP) is 3.76. The standard InChI is InChI=1S/C18H12FNO4S/c19-14-7-3-11(4-8-14)9-15-16(21)20(18(24)25-15)10-12-1-5-13(6-2-12)17(22)23/h1-9H,10H2,(H,22,23)/b15-9-. The number of halogens is 1. The molecule has 25 heavy (non-hydrogen) atoms.